The smallest absolute Gasteiger partial charge is 0.0807 e. The Morgan fingerprint density at radius 3 is 1.20 bits per heavy atom. The third-order valence-corrected chi connectivity index (χ3v) is 1.44. The topological polar surface area (TPSA) is 21.8 Å². The van der Waals surface area contributed by atoms with Gasteiger partial charge in [0.15, 0.2) is 0 Å². The first-order valence-electron chi connectivity index (χ1n) is 6.63. The normalized spacial score (nSPS) is 19.0. The van der Waals surface area contributed by atoms with E-state index >= 15 is 0 Å². The SMILES string of the molecule is C1COC1.CC.CC.CC.CCC1CO1. The Bertz CT molecular complexity index is 62.9. The second kappa shape index (κ2) is 23.6. The van der Waals surface area contributed by atoms with Gasteiger partial charge in [0.25, 0.3) is 0 Å². The summed E-state index contributed by atoms with van der Waals surface area (Å²) < 4.78 is 9.58. The molecule has 0 amide bonds. The summed E-state index contributed by atoms with van der Waals surface area (Å²) in [6.07, 6.45) is 3.11. The molecule has 96 valence electrons. The van der Waals surface area contributed by atoms with Gasteiger partial charge in [-0.3, -0.25) is 0 Å². The van der Waals surface area contributed by atoms with Gasteiger partial charge < -0.3 is 9.47 Å². The van der Waals surface area contributed by atoms with Crippen molar-refractivity contribution in [2.24, 2.45) is 0 Å². The van der Waals surface area contributed by atoms with E-state index in [-0.39, 0.29) is 0 Å². The molecule has 0 aromatic heterocycles. The maximum Gasteiger partial charge on any atom is 0.0807 e. The summed E-state index contributed by atoms with van der Waals surface area (Å²) in [4.78, 5) is 0. The monoisotopic (exact) mass is 220 g/mol. The van der Waals surface area contributed by atoms with E-state index in [9.17, 15) is 0 Å². The lowest BCUT2D eigenvalue weighted by atomic mass is 10.4. The number of epoxide rings is 1. The van der Waals surface area contributed by atoms with Gasteiger partial charge in [0, 0.05) is 13.2 Å². The fourth-order valence-electron chi connectivity index (χ4n) is 0.448. The number of ether oxygens (including phenoxy) is 2. The quantitative estimate of drug-likeness (QED) is 0.615. The van der Waals surface area contributed by atoms with Crippen LogP contribution in [0.1, 0.15) is 61.3 Å². The molecule has 0 saturated carbocycles. The van der Waals surface area contributed by atoms with Gasteiger partial charge in [-0.15, -0.1) is 0 Å². The summed E-state index contributed by atoms with van der Waals surface area (Å²) in [6, 6.07) is 0. The first-order chi connectivity index (χ1) is 7.43. The van der Waals surface area contributed by atoms with Crippen LogP contribution in [0.2, 0.25) is 0 Å². The highest BCUT2D eigenvalue weighted by Crippen LogP contribution is 2.10. The van der Waals surface area contributed by atoms with Crippen LogP contribution < -0.4 is 0 Å². The van der Waals surface area contributed by atoms with Crippen LogP contribution >= 0.6 is 0 Å². The van der Waals surface area contributed by atoms with Crippen LogP contribution in [-0.4, -0.2) is 25.9 Å². The van der Waals surface area contributed by atoms with Gasteiger partial charge in [0.1, 0.15) is 0 Å². The molecule has 2 aliphatic rings. The third-order valence-electron chi connectivity index (χ3n) is 1.44. The highest BCUT2D eigenvalue weighted by Gasteiger charge is 2.18. The van der Waals surface area contributed by atoms with Crippen LogP contribution in [0.5, 0.6) is 0 Å². The Hall–Kier alpha value is -0.0800. The number of hydrogen-bond donors (Lipinski definition) is 0. The number of rotatable bonds is 1. The zero-order valence-corrected chi connectivity index (χ0v) is 11.9. The lowest BCUT2D eigenvalue weighted by Gasteiger charge is -2.09. The molecule has 2 heterocycles. The molecule has 0 aromatic rings. The average molecular weight is 220 g/mol. The van der Waals surface area contributed by atoms with Crippen LogP contribution in [-0.2, 0) is 9.47 Å². The molecule has 15 heavy (non-hydrogen) atoms. The predicted molar refractivity (Wildman–Crippen MR) is 69.5 cm³/mol. The molecule has 2 heteroatoms. The summed E-state index contributed by atoms with van der Waals surface area (Å²) in [6.45, 7) is 17.1. The third kappa shape index (κ3) is 24.9. The second-order valence-corrected chi connectivity index (χ2v) is 2.33. The van der Waals surface area contributed by atoms with Crippen molar-refractivity contribution in [1.82, 2.24) is 0 Å². The Morgan fingerprint density at radius 2 is 1.20 bits per heavy atom. The highest BCUT2D eigenvalue weighted by atomic mass is 16.6. The van der Waals surface area contributed by atoms with E-state index in [1.54, 1.807) is 0 Å². The van der Waals surface area contributed by atoms with Crippen molar-refractivity contribution in [3.63, 3.8) is 0 Å². The molecule has 0 bridgehead atoms. The molecule has 1 atom stereocenters. The lowest BCUT2D eigenvalue weighted by molar-refractivity contribution is 0.0367. The van der Waals surface area contributed by atoms with E-state index < -0.39 is 0 Å². The summed E-state index contributed by atoms with van der Waals surface area (Å²) in [5.41, 5.74) is 0. The van der Waals surface area contributed by atoms with Gasteiger partial charge in [-0.1, -0.05) is 48.5 Å². The molecule has 0 aromatic carbocycles. The van der Waals surface area contributed by atoms with Gasteiger partial charge in [-0.25, -0.2) is 0 Å². The zero-order chi connectivity index (χ0) is 12.5. The highest BCUT2D eigenvalue weighted by molar-refractivity contribution is 4.64. The molecule has 1 unspecified atom stereocenters. The van der Waals surface area contributed by atoms with Crippen LogP contribution in [0.15, 0.2) is 0 Å². The van der Waals surface area contributed by atoms with Crippen molar-refractivity contribution in [2.45, 2.75) is 67.4 Å². The predicted octanol–water partition coefficient (Wildman–Crippen LogP) is 4.28. The van der Waals surface area contributed by atoms with Crippen molar-refractivity contribution in [1.29, 1.82) is 0 Å². The van der Waals surface area contributed by atoms with Crippen LogP contribution in [0.4, 0.5) is 0 Å². The Balaban J connectivity index is -0.000000131. The van der Waals surface area contributed by atoms with Gasteiger partial charge >= 0.3 is 0 Å². The maximum atomic E-state index is 4.86. The van der Waals surface area contributed by atoms with E-state index in [0.29, 0.717) is 6.10 Å². The van der Waals surface area contributed by atoms with Gasteiger partial charge in [0.2, 0.25) is 0 Å². The van der Waals surface area contributed by atoms with Crippen LogP contribution in [0.3, 0.4) is 0 Å². The van der Waals surface area contributed by atoms with Crippen LogP contribution in [0.25, 0.3) is 0 Å². The molecule has 0 aliphatic carbocycles. The standard InChI is InChI=1S/C4H8O.C3H6O.3C2H6/c1-2-4-3-5-4;1-2-4-3-1;3*1-2/h4H,2-3H2,1H3;1-3H2;3*1-2H3. The van der Waals surface area contributed by atoms with Crippen molar-refractivity contribution in [3.8, 4) is 0 Å². The van der Waals surface area contributed by atoms with E-state index in [0.717, 1.165) is 19.8 Å². The van der Waals surface area contributed by atoms with Crippen molar-refractivity contribution in [2.75, 3.05) is 19.8 Å². The van der Waals surface area contributed by atoms with Gasteiger partial charge in [-0.05, 0) is 12.8 Å². The number of hydrogen-bond acceptors (Lipinski definition) is 2. The van der Waals surface area contributed by atoms with Crippen molar-refractivity contribution in [3.05, 3.63) is 0 Å². The van der Waals surface area contributed by atoms with Gasteiger partial charge in [-0.2, -0.15) is 0 Å². The summed E-state index contributed by atoms with van der Waals surface area (Å²) in [7, 11) is 0. The molecule has 2 rings (SSSR count). The van der Waals surface area contributed by atoms with E-state index in [2.05, 4.69) is 6.92 Å². The minimum Gasteiger partial charge on any atom is -0.381 e. The fourth-order valence-corrected chi connectivity index (χ4v) is 0.448. The second-order valence-electron chi connectivity index (χ2n) is 2.33. The van der Waals surface area contributed by atoms with E-state index in [1.165, 1.54) is 12.8 Å². The average Bonchev–Trinajstić information content (AvgIpc) is 3.08. The van der Waals surface area contributed by atoms with Gasteiger partial charge in [0.05, 0.1) is 12.7 Å². The first-order valence-corrected chi connectivity index (χ1v) is 6.63. The molecule has 0 N–H and O–H groups in total. The maximum absolute atomic E-state index is 4.86. The largest absolute Gasteiger partial charge is 0.381 e. The minimum absolute atomic E-state index is 0.634. The van der Waals surface area contributed by atoms with Crippen molar-refractivity contribution < 1.29 is 9.47 Å². The molecule has 0 spiro atoms. The van der Waals surface area contributed by atoms with E-state index in [4.69, 9.17) is 9.47 Å². The van der Waals surface area contributed by atoms with E-state index in [1.807, 2.05) is 41.5 Å². The molecule has 2 fully saturated rings. The van der Waals surface area contributed by atoms with Crippen molar-refractivity contribution >= 4 is 0 Å². The Morgan fingerprint density at radius 1 is 0.933 bits per heavy atom. The molecular formula is C13H32O2. The molecular weight excluding hydrogens is 188 g/mol. The minimum atomic E-state index is 0.634. The summed E-state index contributed by atoms with van der Waals surface area (Å²) in [5, 5.41) is 0. The molecule has 0 radical (unpaired) electrons. The molecule has 2 saturated heterocycles. The van der Waals surface area contributed by atoms with Crippen LogP contribution in [0, 0.1) is 0 Å². The fraction of sp³-hybridized carbons (Fsp3) is 1.00. The summed E-state index contributed by atoms with van der Waals surface area (Å²) >= 11 is 0. The summed E-state index contributed by atoms with van der Waals surface area (Å²) in [5.74, 6) is 0. The zero-order valence-electron chi connectivity index (χ0n) is 11.9. The molecule has 2 nitrogen and oxygen atoms in total. The first kappa shape index (κ1) is 20.3. The molecule has 2 aliphatic heterocycles. The Labute approximate surface area is 97.4 Å². The Kier molecular flexibility index (Phi) is 32.0. The lowest BCUT2D eigenvalue weighted by Crippen LogP contribution is -2.09.